The molecule has 0 amide bonds. The third-order valence-corrected chi connectivity index (χ3v) is 3.81. The van der Waals surface area contributed by atoms with Crippen LogP contribution in [0.3, 0.4) is 0 Å². The largest absolute Gasteiger partial charge is 0.465 e. The maximum Gasteiger partial charge on any atom is 0.332 e. The van der Waals surface area contributed by atoms with Crippen LogP contribution in [0.1, 0.15) is 34.1 Å². The van der Waals surface area contributed by atoms with Crippen molar-refractivity contribution < 1.29 is 28.2 Å². The third kappa shape index (κ3) is 9.61. The zero-order chi connectivity index (χ0) is 16.5. The molecule has 21 heavy (non-hydrogen) atoms. The Labute approximate surface area is 126 Å². The molecule has 0 radical (unpaired) electrons. The summed E-state index contributed by atoms with van der Waals surface area (Å²) >= 11 is 0. The van der Waals surface area contributed by atoms with Crippen LogP contribution in [0.4, 0.5) is 0 Å². The van der Waals surface area contributed by atoms with Crippen molar-refractivity contribution in [1.29, 1.82) is 0 Å². The predicted molar refractivity (Wildman–Crippen MR) is 79.1 cm³/mol. The molecule has 7 nitrogen and oxygen atoms in total. The molecular weight excluding hydrogens is 297 g/mol. The van der Waals surface area contributed by atoms with Gasteiger partial charge in [-0.1, -0.05) is 13.8 Å². The molecule has 0 saturated heterocycles. The van der Waals surface area contributed by atoms with Crippen LogP contribution in [-0.2, 0) is 28.2 Å². The second kappa shape index (κ2) is 9.92. The lowest BCUT2D eigenvalue weighted by atomic mass is 10.1. The summed E-state index contributed by atoms with van der Waals surface area (Å²) in [5.74, 6) is -0.872. The Bertz CT molecular complexity index is 385. The average Bonchev–Trinajstić information content (AvgIpc) is 2.35. The molecule has 0 aromatic heterocycles. The van der Waals surface area contributed by atoms with E-state index in [-0.39, 0.29) is 19.1 Å². The highest BCUT2D eigenvalue weighted by molar-refractivity contribution is 7.56. The number of carbonyl (C=O) groups excluding carboxylic acids is 2. The average molecular weight is 323 g/mol. The minimum absolute atomic E-state index is 0.206. The lowest BCUT2D eigenvalue weighted by molar-refractivity contribution is -0.145. The second-order valence-electron chi connectivity index (χ2n) is 4.99. The molecule has 0 aliphatic heterocycles. The number of nitrogens with one attached hydrogen (secondary N) is 1. The van der Waals surface area contributed by atoms with E-state index in [9.17, 15) is 14.2 Å². The first-order valence-corrected chi connectivity index (χ1v) is 9.11. The van der Waals surface area contributed by atoms with Crippen molar-refractivity contribution in [1.82, 2.24) is 5.09 Å². The van der Waals surface area contributed by atoms with E-state index < -0.39 is 32.1 Å². The van der Waals surface area contributed by atoms with Crippen LogP contribution < -0.4 is 5.09 Å². The standard InChI is InChI=1S/C13H26NO6P/c1-6-18-12(15)9-20-21(5,17)14-11(8-10(3)4)13(16)19-7-2/h10-11H,6-9H2,1-5H3,(H,14,17)/t11-,21?/m0/s1. The Kier molecular flexibility index (Phi) is 9.49. The molecule has 0 saturated carbocycles. The molecule has 8 heteroatoms. The molecule has 124 valence electrons. The third-order valence-electron chi connectivity index (χ3n) is 2.40. The van der Waals surface area contributed by atoms with Gasteiger partial charge in [-0.15, -0.1) is 0 Å². The van der Waals surface area contributed by atoms with Crippen LogP contribution in [0.5, 0.6) is 0 Å². The van der Waals surface area contributed by atoms with Crippen molar-refractivity contribution in [3.8, 4) is 0 Å². The quantitative estimate of drug-likeness (QED) is 0.485. The lowest BCUT2D eigenvalue weighted by Crippen LogP contribution is -2.37. The van der Waals surface area contributed by atoms with E-state index in [1.54, 1.807) is 13.8 Å². The topological polar surface area (TPSA) is 90.9 Å². The highest BCUT2D eigenvalue weighted by Gasteiger charge is 2.29. The zero-order valence-electron chi connectivity index (χ0n) is 13.4. The Hall–Kier alpha value is -0.910. The van der Waals surface area contributed by atoms with Gasteiger partial charge in [0.05, 0.1) is 13.2 Å². The number of rotatable bonds is 10. The summed E-state index contributed by atoms with van der Waals surface area (Å²) in [6.45, 7) is 8.61. The summed E-state index contributed by atoms with van der Waals surface area (Å²) in [6, 6.07) is -0.733. The van der Waals surface area contributed by atoms with Gasteiger partial charge in [-0.3, -0.25) is 9.36 Å². The minimum atomic E-state index is -3.31. The number of hydrogen-bond donors (Lipinski definition) is 1. The molecule has 0 heterocycles. The monoisotopic (exact) mass is 323 g/mol. The first kappa shape index (κ1) is 20.1. The Morgan fingerprint density at radius 1 is 1.14 bits per heavy atom. The molecule has 0 rings (SSSR count). The number of carbonyl (C=O) groups is 2. The highest BCUT2D eigenvalue weighted by atomic mass is 31.2. The molecule has 0 aliphatic carbocycles. The number of ether oxygens (including phenoxy) is 2. The van der Waals surface area contributed by atoms with Crippen LogP contribution in [0.15, 0.2) is 0 Å². The molecule has 1 N–H and O–H groups in total. The molecular formula is C13H26NO6P. The van der Waals surface area contributed by atoms with Gasteiger partial charge in [-0.2, -0.15) is 0 Å². The van der Waals surface area contributed by atoms with Crippen molar-refractivity contribution in [2.24, 2.45) is 5.92 Å². The maximum atomic E-state index is 12.3. The zero-order valence-corrected chi connectivity index (χ0v) is 14.3. The van der Waals surface area contributed by atoms with Crippen molar-refractivity contribution in [2.45, 2.75) is 40.2 Å². The summed E-state index contributed by atoms with van der Waals surface area (Å²) in [7, 11) is -3.31. The van der Waals surface area contributed by atoms with Crippen molar-refractivity contribution in [3.63, 3.8) is 0 Å². The summed E-state index contributed by atoms with van der Waals surface area (Å²) < 4.78 is 27.0. The fourth-order valence-corrected chi connectivity index (χ4v) is 2.82. The van der Waals surface area contributed by atoms with Gasteiger partial charge in [0.1, 0.15) is 6.04 Å². The van der Waals surface area contributed by atoms with Crippen molar-refractivity contribution in [3.05, 3.63) is 0 Å². The van der Waals surface area contributed by atoms with Crippen LogP contribution in [0.25, 0.3) is 0 Å². The molecule has 0 bridgehead atoms. The van der Waals surface area contributed by atoms with E-state index >= 15 is 0 Å². The van der Waals surface area contributed by atoms with Crippen molar-refractivity contribution >= 4 is 19.5 Å². The van der Waals surface area contributed by atoms with Crippen LogP contribution in [0.2, 0.25) is 0 Å². The molecule has 0 fully saturated rings. The fourth-order valence-electron chi connectivity index (χ4n) is 1.61. The molecule has 0 aromatic carbocycles. The summed E-state index contributed by atoms with van der Waals surface area (Å²) in [6.07, 6.45) is 0.458. The van der Waals surface area contributed by atoms with Gasteiger partial charge in [0, 0.05) is 6.66 Å². The number of hydrogen-bond acceptors (Lipinski definition) is 6. The SMILES string of the molecule is CCOC(=O)COP(C)(=O)N[C@@H](CC(C)C)C(=O)OCC. The van der Waals surface area contributed by atoms with Gasteiger partial charge >= 0.3 is 11.9 Å². The van der Waals surface area contributed by atoms with E-state index in [1.807, 2.05) is 13.8 Å². The smallest absolute Gasteiger partial charge is 0.332 e. The molecule has 0 spiro atoms. The van der Waals surface area contributed by atoms with Crippen LogP contribution >= 0.6 is 7.52 Å². The van der Waals surface area contributed by atoms with Gasteiger partial charge in [0.25, 0.3) is 7.52 Å². The van der Waals surface area contributed by atoms with Crippen LogP contribution in [-0.4, -0.2) is 44.5 Å². The molecule has 0 aliphatic rings. The van der Waals surface area contributed by atoms with E-state index in [2.05, 4.69) is 9.82 Å². The molecule has 0 aromatic rings. The predicted octanol–water partition coefficient (Wildman–Crippen LogP) is 1.96. The minimum Gasteiger partial charge on any atom is -0.465 e. The second-order valence-corrected chi connectivity index (χ2v) is 7.20. The van der Waals surface area contributed by atoms with Crippen molar-refractivity contribution in [2.75, 3.05) is 26.5 Å². The van der Waals surface area contributed by atoms with E-state index in [0.29, 0.717) is 6.42 Å². The van der Waals surface area contributed by atoms with Gasteiger partial charge in [-0.25, -0.2) is 9.88 Å². The van der Waals surface area contributed by atoms with E-state index in [4.69, 9.17) is 9.26 Å². The van der Waals surface area contributed by atoms with Crippen LogP contribution in [0, 0.1) is 5.92 Å². The summed E-state index contributed by atoms with van der Waals surface area (Å²) in [4.78, 5) is 23.0. The first-order valence-electron chi connectivity index (χ1n) is 7.03. The summed E-state index contributed by atoms with van der Waals surface area (Å²) in [5.41, 5.74) is 0. The van der Waals surface area contributed by atoms with Gasteiger partial charge in [0.15, 0.2) is 6.61 Å². The Balaban J connectivity index is 4.61. The summed E-state index contributed by atoms with van der Waals surface area (Å²) in [5, 5.41) is 2.66. The maximum absolute atomic E-state index is 12.3. The fraction of sp³-hybridized carbons (Fsp3) is 0.846. The lowest BCUT2D eigenvalue weighted by Gasteiger charge is -2.23. The van der Waals surface area contributed by atoms with E-state index in [0.717, 1.165) is 0 Å². The van der Waals surface area contributed by atoms with E-state index in [1.165, 1.54) is 6.66 Å². The van der Waals surface area contributed by atoms with Gasteiger partial charge < -0.3 is 14.0 Å². The Morgan fingerprint density at radius 2 is 1.71 bits per heavy atom. The Morgan fingerprint density at radius 3 is 2.19 bits per heavy atom. The molecule has 2 atom stereocenters. The first-order chi connectivity index (χ1) is 9.71. The molecule has 1 unspecified atom stereocenters. The number of esters is 2. The normalized spacial score (nSPS) is 15.3. The highest BCUT2D eigenvalue weighted by Crippen LogP contribution is 2.38. The van der Waals surface area contributed by atoms with Gasteiger partial charge in [-0.05, 0) is 26.2 Å². The van der Waals surface area contributed by atoms with Gasteiger partial charge in [0.2, 0.25) is 0 Å².